The lowest BCUT2D eigenvalue weighted by molar-refractivity contribution is 0.410. The molecule has 1 atom stereocenters. The summed E-state index contributed by atoms with van der Waals surface area (Å²) in [5, 5.41) is 4.34. The molecule has 2 rings (SSSR count). The predicted octanol–water partition coefficient (Wildman–Crippen LogP) is 5.31. The second kappa shape index (κ2) is 5.55. The van der Waals surface area contributed by atoms with Gasteiger partial charge in [0.2, 0.25) is 0 Å². The van der Waals surface area contributed by atoms with E-state index in [2.05, 4.69) is 55.6 Å². The summed E-state index contributed by atoms with van der Waals surface area (Å²) in [6.45, 7) is 2.13. The van der Waals surface area contributed by atoms with Gasteiger partial charge in [0.15, 0.2) is 0 Å². The van der Waals surface area contributed by atoms with Crippen molar-refractivity contribution in [2.45, 2.75) is 11.8 Å². The van der Waals surface area contributed by atoms with Crippen LogP contribution in [0.2, 0.25) is 0 Å². The van der Waals surface area contributed by atoms with Crippen molar-refractivity contribution < 1.29 is 4.74 Å². The fraction of sp³-hybridized carbons (Fsp3) is 0.231. The van der Waals surface area contributed by atoms with E-state index < -0.39 is 0 Å². The lowest BCUT2D eigenvalue weighted by Crippen LogP contribution is -1.97. The zero-order valence-electron chi connectivity index (χ0n) is 9.54. The summed E-state index contributed by atoms with van der Waals surface area (Å²) >= 11 is 8.98. The molecule has 4 heteroatoms. The van der Waals surface area contributed by atoms with E-state index in [1.807, 2.05) is 12.1 Å². The van der Waals surface area contributed by atoms with Crippen LogP contribution in [0.15, 0.2) is 33.4 Å². The van der Waals surface area contributed by atoms with Gasteiger partial charge in [0.25, 0.3) is 0 Å². The molecule has 2 aromatic rings. The maximum atomic E-state index is 5.41. The van der Waals surface area contributed by atoms with Gasteiger partial charge in [-0.05, 0) is 47.0 Å². The molecule has 17 heavy (non-hydrogen) atoms. The quantitative estimate of drug-likeness (QED) is 0.660. The summed E-state index contributed by atoms with van der Waals surface area (Å²) in [7, 11) is 1.70. The summed E-state index contributed by atoms with van der Waals surface area (Å²) in [6.07, 6.45) is 0. The molecule has 1 aromatic heterocycles. The van der Waals surface area contributed by atoms with Crippen LogP contribution in [0.4, 0.5) is 0 Å². The molecule has 0 N–H and O–H groups in total. The number of aryl methyl sites for hydroxylation is 1. The fourth-order valence-corrected chi connectivity index (χ4v) is 3.98. The van der Waals surface area contributed by atoms with Gasteiger partial charge in [-0.2, -0.15) is 11.3 Å². The first-order valence-corrected chi connectivity index (χ1v) is 7.79. The average molecular weight is 376 g/mol. The molecule has 0 aliphatic heterocycles. The minimum Gasteiger partial charge on any atom is -0.496 e. The highest BCUT2D eigenvalue weighted by Crippen LogP contribution is 2.40. The highest BCUT2D eigenvalue weighted by atomic mass is 79.9. The third-order valence-electron chi connectivity index (χ3n) is 2.63. The van der Waals surface area contributed by atoms with Crippen molar-refractivity contribution in [3.8, 4) is 5.75 Å². The third kappa shape index (κ3) is 2.75. The van der Waals surface area contributed by atoms with Gasteiger partial charge in [-0.15, -0.1) is 0 Å². The molecule has 1 unspecified atom stereocenters. The Kier molecular flexibility index (Phi) is 4.28. The number of hydrogen-bond acceptors (Lipinski definition) is 2. The largest absolute Gasteiger partial charge is 0.496 e. The Labute approximate surface area is 122 Å². The number of ether oxygens (including phenoxy) is 1. The number of rotatable bonds is 3. The molecule has 1 nitrogen and oxygen atoms in total. The van der Waals surface area contributed by atoms with Crippen molar-refractivity contribution in [2.24, 2.45) is 0 Å². The molecule has 1 aromatic carbocycles. The van der Waals surface area contributed by atoms with Crippen LogP contribution in [-0.2, 0) is 0 Å². The molecule has 0 saturated heterocycles. The van der Waals surface area contributed by atoms with Gasteiger partial charge in [0, 0.05) is 10.0 Å². The van der Waals surface area contributed by atoms with Crippen LogP contribution >= 0.6 is 43.2 Å². The highest BCUT2D eigenvalue weighted by molar-refractivity contribution is 9.10. The Morgan fingerprint density at radius 3 is 2.59 bits per heavy atom. The Balaban J connectivity index is 2.46. The van der Waals surface area contributed by atoms with Crippen LogP contribution in [0.1, 0.15) is 21.5 Å². The van der Waals surface area contributed by atoms with Crippen LogP contribution in [0, 0.1) is 6.92 Å². The van der Waals surface area contributed by atoms with Crippen LogP contribution < -0.4 is 4.74 Å². The molecule has 0 amide bonds. The molecule has 1 heterocycles. The second-order valence-electron chi connectivity index (χ2n) is 3.76. The topological polar surface area (TPSA) is 9.23 Å². The van der Waals surface area contributed by atoms with E-state index in [0.29, 0.717) is 0 Å². The number of halogens is 2. The zero-order chi connectivity index (χ0) is 12.4. The van der Waals surface area contributed by atoms with Gasteiger partial charge >= 0.3 is 0 Å². The number of methoxy groups -OCH3 is 1. The Hall–Kier alpha value is -0.320. The number of alkyl halides is 1. The summed E-state index contributed by atoms with van der Waals surface area (Å²) < 4.78 is 6.47. The normalized spacial score (nSPS) is 12.5. The zero-order valence-corrected chi connectivity index (χ0v) is 13.5. The second-order valence-corrected chi connectivity index (χ2v) is 6.33. The Morgan fingerprint density at radius 1 is 1.24 bits per heavy atom. The molecular formula is C13H12Br2OS. The van der Waals surface area contributed by atoms with E-state index in [4.69, 9.17) is 4.74 Å². The minimum absolute atomic E-state index is 0.168. The van der Waals surface area contributed by atoms with E-state index in [1.54, 1.807) is 18.4 Å². The van der Waals surface area contributed by atoms with Gasteiger partial charge in [-0.1, -0.05) is 31.9 Å². The van der Waals surface area contributed by atoms with E-state index in [0.717, 1.165) is 15.8 Å². The molecule has 90 valence electrons. The van der Waals surface area contributed by atoms with Crippen LogP contribution in [-0.4, -0.2) is 7.11 Å². The van der Waals surface area contributed by atoms with Crippen molar-refractivity contribution in [3.05, 3.63) is 50.1 Å². The lowest BCUT2D eigenvalue weighted by Gasteiger charge is -2.15. The molecule has 0 bridgehead atoms. The van der Waals surface area contributed by atoms with Crippen LogP contribution in [0.25, 0.3) is 0 Å². The van der Waals surface area contributed by atoms with Gasteiger partial charge in [0.1, 0.15) is 5.75 Å². The van der Waals surface area contributed by atoms with Crippen LogP contribution in [0.5, 0.6) is 5.75 Å². The van der Waals surface area contributed by atoms with Crippen molar-refractivity contribution in [2.75, 3.05) is 7.11 Å². The van der Waals surface area contributed by atoms with E-state index in [9.17, 15) is 0 Å². The number of benzene rings is 1. The minimum atomic E-state index is 0.168. The summed E-state index contributed by atoms with van der Waals surface area (Å²) in [6, 6.07) is 6.06. The molecule has 0 spiro atoms. The first-order valence-electron chi connectivity index (χ1n) is 5.13. The van der Waals surface area contributed by atoms with Gasteiger partial charge in [-0.3, -0.25) is 0 Å². The van der Waals surface area contributed by atoms with Crippen molar-refractivity contribution in [1.29, 1.82) is 0 Å². The smallest absolute Gasteiger partial charge is 0.123 e. The summed E-state index contributed by atoms with van der Waals surface area (Å²) in [4.78, 5) is 0.168. The monoisotopic (exact) mass is 374 g/mol. The summed E-state index contributed by atoms with van der Waals surface area (Å²) in [5.74, 6) is 0.903. The number of thiophene rings is 1. The first kappa shape index (κ1) is 13.1. The maximum Gasteiger partial charge on any atom is 0.123 e. The van der Waals surface area contributed by atoms with Crippen molar-refractivity contribution >= 4 is 43.2 Å². The van der Waals surface area contributed by atoms with Crippen LogP contribution in [0.3, 0.4) is 0 Å². The standard InChI is InChI=1S/C13H12Br2OS/c1-8-6-17-7-11(8)13(15)10-5-9(14)3-4-12(10)16-2/h3-7,13H,1-2H3. The molecule has 0 aliphatic carbocycles. The molecule has 0 fully saturated rings. The molecule has 0 saturated carbocycles. The van der Waals surface area contributed by atoms with Gasteiger partial charge in [-0.25, -0.2) is 0 Å². The Morgan fingerprint density at radius 2 is 2.00 bits per heavy atom. The fourth-order valence-electron chi connectivity index (χ4n) is 1.70. The molecule has 0 aliphatic rings. The van der Waals surface area contributed by atoms with E-state index >= 15 is 0 Å². The first-order chi connectivity index (χ1) is 8.13. The maximum absolute atomic E-state index is 5.41. The molecule has 0 radical (unpaired) electrons. The Bertz CT molecular complexity index is 522. The predicted molar refractivity (Wildman–Crippen MR) is 80.5 cm³/mol. The SMILES string of the molecule is COc1ccc(Br)cc1C(Br)c1cscc1C. The number of hydrogen-bond donors (Lipinski definition) is 0. The van der Waals surface area contributed by atoms with E-state index in [-0.39, 0.29) is 4.83 Å². The van der Waals surface area contributed by atoms with Crippen molar-refractivity contribution in [3.63, 3.8) is 0 Å². The average Bonchev–Trinajstić information content (AvgIpc) is 2.74. The lowest BCUT2D eigenvalue weighted by atomic mass is 10.0. The third-order valence-corrected chi connectivity index (χ3v) is 4.99. The van der Waals surface area contributed by atoms with Crippen molar-refractivity contribution in [1.82, 2.24) is 0 Å². The van der Waals surface area contributed by atoms with Gasteiger partial charge in [0.05, 0.1) is 11.9 Å². The highest BCUT2D eigenvalue weighted by Gasteiger charge is 2.17. The van der Waals surface area contributed by atoms with E-state index in [1.165, 1.54) is 11.1 Å². The van der Waals surface area contributed by atoms with Gasteiger partial charge < -0.3 is 4.74 Å². The summed E-state index contributed by atoms with van der Waals surface area (Å²) in [5.41, 5.74) is 3.74. The molecular weight excluding hydrogens is 364 g/mol.